The van der Waals surface area contributed by atoms with Gasteiger partial charge in [-0.2, -0.15) is 0 Å². The average molecular weight is 345 g/mol. The van der Waals surface area contributed by atoms with E-state index in [0.29, 0.717) is 30.0 Å². The van der Waals surface area contributed by atoms with Crippen molar-refractivity contribution in [2.45, 2.75) is 19.4 Å². The number of hydrogen-bond acceptors (Lipinski definition) is 2. The second-order valence-electron chi connectivity index (χ2n) is 5.80. The summed E-state index contributed by atoms with van der Waals surface area (Å²) in [4.78, 5) is 25.5. The average Bonchev–Trinajstić information content (AvgIpc) is 2.59. The molecule has 0 radical (unpaired) electrons. The van der Waals surface area contributed by atoms with Crippen LogP contribution in [0.2, 0.25) is 5.02 Å². The van der Waals surface area contributed by atoms with Gasteiger partial charge in [0.15, 0.2) is 0 Å². The van der Waals surface area contributed by atoms with Gasteiger partial charge in [0.05, 0.1) is 0 Å². The topological polar surface area (TPSA) is 49.4 Å². The number of amides is 2. The van der Waals surface area contributed by atoms with E-state index in [0.717, 1.165) is 11.1 Å². The van der Waals surface area contributed by atoms with E-state index in [1.165, 1.54) is 4.90 Å². The van der Waals surface area contributed by atoms with Crippen LogP contribution in [-0.2, 0) is 17.8 Å². The van der Waals surface area contributed by atoms with Crippen molar-refractivity contribution in [1.82, 2.24) is 10.2 Å². The lowest BCUT2D eigenvalue weighted by atomic mass is 10.1. The van der Waals surface area contributed by atoms with Crippen LogP contribution in [0.4, 0.5) is 0 Å². The first-order chi connectivity index (χ1) is 11.5. The molecule has 2 amide bonds. The van der Waals surface area contributed by atoms with E-state index in [2.05, 4.69) is 5.32 Å². The first-order valence-electron chi connectivity index (χ1n) is 7.77. The Labute approximate surface area is 147 Å². The SMILES string of the molecule is CN(C)C(=O)c1cccc(CNC(=O)CCc2ccc(Cl)cc2)c1. The van der Waals surface area contributed by atoms with E-state index in [1.54, 1.807) is 20.2 Å². The molecule has 0 saturated heterocycles. The van der Waals surface area contributed by atoms with Crippen LogP contribution in [0.1, 0.15) is 27.9 Å². The lowest BCUT2D eigenvalue weighted by molar-refractivity contribution is -0.121. The minimum atomic E-state index is -0.0501. The van der Waals surface area contributed by atoms with Gasteiger partial charge in [0.25, 0.3) is 5.91 Å². The number of aryl methyl sites for hydroxylation is 1. The van der Waals surface area contributed by atoms with Crippen LogP contribution in [0, 0.1) is 0 Å². The molecule has 5 heteroatoms. The number of benzene rings is 2. The van der Waals surface area contributed by atoms with Crippen LogP contribution in [0.5, 0.6) is 0 Å². The highest BCUT2D eigenvalue weighted by molar-refractivity contribution is 6.30. The van der Waals surface area contributed by atoms with Gasteiger partial charge in [0.1, 0.15) is 0 Å². The Morgan fingerprint density at radius 1 is 1.04 bits per heavy atom. The number of hydrogen-bond donors (Lipinski definition) is 1. The number of rotatable bonds is 6. The molecule has 0 aliphatic rings. The summed E-state index contributed by atoms with van der Waals surface area (Å²) in [6.07, 6.45) is 1.08. The highest BCUT2D eigenvalue weighted by Gasteiger charge is 2.09. The quantitative estimate of drug-likeness (QED) is 0.874. The Morgan fingerprint density at radius 2 is 1.75 bits per heavy atom. The van der Waals surface area contributed by atoms with E-state index in [9.17, 15) is 9.59 Å². The van der Waals surface area contributed by atoms with Crippen molar-refractivity contribution in [2.75, 3.05) is 14.1 Å². The van der Waals surface area contributed by atoms with Crippen molar-refractivity contribution >= 4 is 23.4 Å². The molecule has 24 heavy (non-hydrogen) atoms. The van der Waals surface area contributed by atoms with Crippen molar-refractivity contribution in [2.24, 2.45) is 0 Å². The summed E-state index contributed by atoms with van der Waals surface area (Å²) in [6, 6.07) is 14.8. The van der Waals surface area contributed by atoms with Crippen LogP contribution in [0.25, 0.3) is 0 Å². The third-order valence-corrected chi connectivity index (χ3v) is 3.88. The van der Waals surface area contributed by atoms with Gasteiger partial charge in [-0.1, -0.05) is 35.9 Å². The summed E-state index contributed by atoms with van der Waals surface area (Å²) in [5.41, 5.74) is 2.60. The normalized spacial score (nSPS) is 10.3. The summed E-state index contributed by atoms with van der Waals surface area (Å²) in [7, 11) is 3.43. The van der Waals surface area contributed by atoms with Gasteiger partial charge >= 0.3 is 0 Å². The molecule has 0 aromatic heterocycles. The fourth-order valence-electron chi connectivity index (χ4n) is 2.27. The Kier molecular flexibility index (Phi) is 6.38. The maximum atomic E-state index is 12.0. The van der Waals surface area contributed by atoms with Crippen molar-refractivity contribution in [3.05, 3.63) is 70.2 Å². The third kappa shape index (κ3) is 5.39. The van der Waals surface area contributed by atoms with Gasteiger partial charge in [-0.15, -0.1) is 0 Å². The molecule has 1 N–H and O–H groups in total. The van der Waals surface area contributed by atoms with Crippen molar-refractivity contribution in [3.8, 4) is 0 Å². The Hall–Kier alpha value is -2.33. The summed E-state index contributed by atoms with van der Waals surface area (Å²) in [5, 5.41) is 3.58. The third-order valence-electron chi connectivity index (χ3n) is 3.62. The summed E-state index contributed by atoms with van der Waals surface area (Å²) in [5.74, 6) is -0.0693. The predicted molar refractivity (Wildman–Crippen MR) is 96.1 cm³/mol. The molecule has 0 heterocycles. The maximum Gasteiger partial charge on any atom is 0.253 e. The monoisotopic (exact) mass is 344 g/mol. The number of nitrogens with zero attached hydrogens (tertiary/aromatic N) is 1. The molecule has 0 fully saturated rings. The largest absolute Gasteiger partial charge is 0.352 e. The highest BCUT2D eigenvalue weighted by atomic mass is 35.5. The van der Waals surface area contributed by atoms with Crippen molar-refractivity contribution in [1.29, 1.82) is 0 Å². The summed E-state index contributed by atoms with van der Waals surface area (Å²) in [6.45, 7) is 0.411. The first kappa shape index (κ1) is 18.0. The molecule has 2 aromatic rings. The van der Waals surface area contributed by atoms with Crippen LogP contribution in [-0.4, -0.2) is 30.8 Å². The number of halogens is 1. The van der Waals surface area contributed by atoms with Gasteiger partial charge < -0.3 is 10.2 Å². The summed E-state index contributed by atoms with van der Waals surface area (Å²) >= 11 is 5.84. The van der Waals surface area contributed by atoms with E-state index >= 15 is 0 Å². The smallest absolute Gasteiger partial charge is 0.253 e. The zero-order valence-electron chi connectivity index (χ0n) is 13.9. The van der Waals surface area contributed by atoms with Crippen LogP contribution >= 0.6 is 11.6 Å². The molecule has 0 spiro atoms. The molecule has 2 rings (SSSR count). The Morgan fingerprint density at radius 3 is 2.42 bits per heavy atom. The second-order valence-corrected chi connectivity index (χ2v) is 6.24. The maximum absolute atomic E-state index is 12.0. The van der Waals surface area contributed by atoms with Gasteiger partial charge in [-0.25, -0.2) is 0 Å². The lowest BCUT2D eigenvalue weighted by Crippen LogP contribution is -2.24. The molecule has 4 nitrogen and oxygen atoms in total. The molecule has 0 aliphatic heterocycles. The molecule has 0 bridgehead atoms. The predicted octanol–water partition coefficient (Wildman–Crippen LogP) is 3.29. The van der Waals surface area contributed by atoms with Gasteiger partial charge in [-0.05, 0) is 41.8 Å². The van der Waals surface area contributed by atoms with E-state index < -0.39 is 0 Å². The van der Waals surface area contributed by atoms with E-state index in [-0.39, 0.29) is 11.8 Å². The van der Waals surface area contributed by atoms with Crippen LogP contribution in [0.15, 0.2) is 48.5 Å². The minimum absolute atomic E-state index is 0.0192. The standard InChI is InChI=1S/C19H21ClN2O2/c1-22(2)19(24)16-5-3-4-15(12-16)13-21-18(23)11-8-14-6-9-17(20)10-7-14/h3-7,9-10,12H,8,11,13H2,1-2H3,(H,21,23). The summed E-state index contributed by atoms with van der Waals surface area (Å²) < 4.78 is 0. The first-order valence-corrected chi connectivity index (χ1v) is 8.15. The van der Waals surface area contributed by atoms with Crippen molar-refractivity contribution in [3.63, 3.8) is 0 Å². The molecule has 0 atom stereocenters. The number of carbonyl (C=O) groups excluding carboxylic acids is 2. The highest BCUT2D eigenvalue weighted by Crippen LogP contribution is 2.11. The molecule has 2 aromatic carbocycles. The van der Waals surface area contributed by atoms with E-state index in [4.69, 9.17) is 11.6 Å². The van der Waals surface area contributed by atoms with Gasteiger partial charge in [0, 0.05) is 37.6 Å². The number of carbonyl (C=O) groups is 2. The molecule has 0 unspecified atom stereocenters. The molecule has 126 valence electrons. The van der Waals surface area contributed by atoms with Gasteiger partial charge in [0.2, 0.25) is 5.91 Å². The molecular weight excluding hydrogens is 324 g/mol. The second kappa shape index (κ2) is 8.50. The lowest BCUT2D eigenvalue weighted by Gasteiger charge is -2.11. The fourth-order valence-corrected chi connectivity index (χ4v) is 2.40. The fraction of sp³-hybridized carbons (Fsp3) is 0.263. The van der Waals surface area contributed by atoms with Crippen LogP contribution in [0.3, 0.4) is 0 Å². The van der Waals surface area contributed by atoms with E-state index in [1.807, 2.05) is 42.5 Å². The Balaban J connectivity index is 1.84. The van der Waals surface area contributed by atoms with Crippen LogP contribution < -0.4 is 5.32 Å². The zero-order chi connectivity index (χ0) is 17.5. The molecule has 0 aliphatic carbocycles. The zero-order valence-corrected chi connectivity index (χ0v) is 14.6. The van der Waals surface area contributed by atoms with Crippen molar-refractivity contribution < 1.29 is 9.59 Å². The Bertz CT molecular complexity index is 712. The molecular formula is C19H21ClN2O2. The minimum Gasteiger partial charge on any atom is -0.352 e. The number of nitrogens with one attached hydrogen (secondary N) is 1. The molecule has 0 saturated carbocycles. The van der Waals surface area contributed by atoms with Gasteiger partial charge in [-0.3, -0.25) is 9.59 Å².